The summed E-state index contributed by atoms with van der Waals surface area (Å²) in [6, 6.07) is 9.31. The summed E-state index contributed by atoms with van der Waals surface area (Å²) in [4.78, 5) is 0.942. The van der Waals surface area contributed by atoms with Crippen molar-refractivity contribution in [1.82, 2.24) is 10.2 Å². The second-order valence-electron chi connectivity index (χ2n) is 5.99. The molecule has 1 atom stereocenters. The van der Waals surface area contributed by atoms with Gasteiger partial charge in [0.2, 0.25) is 17.5 Å². The van der Waals surface area contributed by atoms with Crippen LogP contribution >= 0.6 is 11.3 Å². The van der Waals surface area contributed by atoms with Gasteiger partial charge in [-0.1, -0.05) is 6.07 Å². The first-order chi connectivity index (χ1) is 13.6. The number of hydrogen-bond donors (Lipinski definition) is 3. The Morgan fingerprint density at radius 3 is 2.61 bits per heavy atom. The van der Waals surface area contributed by atoms with Crippen molar-refractivity contribution in [3.8, 4) is 39.8 Å². The van der Waals surface area contributed by atoms with E-state index in [1.165, 1.54) is 25.6 Å². The largest absolute Gasteiger partial charge is 0.502 e. The minimum Gasteiger partial charge on any atom is -0.502 e. The Balaban J connectivity index is 1.99. The van der Waals surface area contributed by atoms with Crippen molar-refractivity contribution in [3.05, 3.63) is 52.2 Å². The number of rotatable bonds is 4. The highest BCUT2D eigenvalue weighted by molar-refractivity contribution is 7.13. The van der Waals surface area contributed by atoms with Crippen molar-refractivity contribution >= 4 is 11.3 Å². The Kier molecular flexibility index (Phi) is 4.33. The van der Waals surface area contributed by atoms with Gasteiger partial charge in [-0.2, -0.15) is 5.26 Å². The zero-order valence-electron chi connectivity index (χ0n) is 15.0. The number of phenolic OH excluding ortho intramolecular Hbond substituents is 1. The van der Waals surface area contributed by atoms with E-state index in [0.717, 1.165) is 10.6 Å². The van der Waals surface area contributed by atoms with E-state index in [1.807, 2.05) is 17.5 Å². The molecule has 0 spiro atoms. The van der Waals surface area contributed by atoms with E-state index in [1.54, 1.807) is 12.1 Å². The normalized spacial score (nSPS) is 15.5. The third-order valence-electron chi connectivity index (χ3n) is 4.54. The summed E-state index contributed by atoms with van der Waals surface area (Å²) in [5.74, 6) is 0.0279. The van der Waals surface area contributed by atoms with Gasteiger partial charge in [0.1, 0.15) is 11.6 Å². The van der Waals surface area contributed by atoms with Gasteiger partial charge < -0.3 is 25.1 Å². The average Bonchev–Trinajstić information content (AvgIpc) is 3.36. The Labute approximate surface area is 164 Å². The second kappa shape index (κ2) is 6.83. The highest BCUT2D eigenvalue weighted by Crippen LogP contribution is 2.49. The fourth-order valence-corrected chi connectivity index (χ4v) is 4.00. The minimum atomic E-state index is -0.576. The number of aromatic nitrogens is 2. The molecule has 4 rings (SSSR count). The zero-order chi connectivity index (χ0) is 19.8. The molecule has 9 heteroatoms. The van der Waals surface area contributed by atoms with E-state index in [-0.39, 0.29) is 28.7 Å². The second-order valence-corrected chi connectivity index (χ2v) is 6.94. The molecule has 1 aromatic carbocycles. The lowest BCUT2D eigenvalue weighted by molar-refractivity contribution is 0.338. The van der Waals surface area contributed by atoms with Crippen LogP contribution < -0.4 is 19.9 Å². The number of aromatic amines is 1. The highest BCUT2D eigenvalue weighted by atomic mass is 32.1. The standard InChI is InChI=1S/C19H16N4O4S/c1-25-11-6-9(7-12(26-2)17(11)24)14-10(8-20)18(21)27-19-15(14)16(22-23-19)13-4-3-5-28-13/h3-7,14,24H,21H2,1-2H3,(H,22,23)/t14-/m0/s1. The SMILES string of the molecule is COc1cc([C@H]2C(C#N)=C(N)Oc3n[nH]c(-c4cccs4)c32)cc(OC)c1O. The topological polar surface area (TPSA) is 126 Å². The zero-order valence-corrected chi connectivity index (χ0v) is 15.8. The lowest BCUT2D eigenvalue weighted by Gasteiger charge is -2.24. The van der Waals surface area contributed by atoms with E-state index in [9.17, 15) is 10.4 Å². The molecule has 2 aromatic heterocycles. The molecule has 0 bridgehead atoms. The molecule has 3 aromatic rings. The van der Waals surface area contributed by atoms with E-state index >= 15 is 0 Å². The van der Waals surface area contributed by atoms with Gasteiger partial charge in [-0.3, -0.25) is 5.10 Å². The fraction of sp³-hybridized carbons (Fsp3) is 0.158. The number of aromatic hydroxyl groups is 1. The van der Waals surface area contributed by atoms with Crippen LogP contribution in [-0.4, -0.2) is 29.5 Å². The molecule has 0 amide bonds. The molecule has 4 N–H and O–H groups in total. The molecular formula is C19H16N4O4S. The van der Waals surface area contributed by atoms with Crippen LogP contribution in [0.2, 0.25) is 0 Å². The van der Waals surface area contributed by atoms with Gasteiger partial charge in [-0.15, -0.1) is 16.4 Å². The van der Waals surface area contributed by atoms with Crippen LogP contribution in [0.1, 0.15) is 17.0 Å². The maximum absolute atomic E-state index is 10.3. The molecule has 1 aliphatic heterocycles. The quantitative estimate of drug-likeness (QED) is 0.618. The summed E-state index contributed by atoms with van der Waals surface area (Å²) in [6.07, 6.45) is 0. The molecule has 0 saturated heterocycles. The van der Waals surface area contributed by atoms with Crippen molar-refractivity contribution in [1.29, 1.82) is 5.26 Å². The van der Waals surface area contributed by atoms with Crippen molar-refractivity contribution in [2.75, 3.05) is 14.2 Å². The third-order valence-corrected chi connectivity index (χ3v) is 5.43. The summed E-state index contributed by atoms with van der Waals surface area (Å²) in [5.41, 5.74) is 8.31. The number of benzene rings is 1. The Morgan fingerprint density at radius 2 is 2.04 bits per heavy atom. The monoisotopic (exact) mass is 396 g/mol. The van der Waals surface area contributed by atoms with Gasteiger partial charge in [0.15, 0.2) is 11.5 Å². The summed E-state index contributed by atoms with van der Waals surface area (Å²) in [6.45, 7) is 0. The number of nitriles is 1. The number of H-pyrrole nitrogens is 1. The first-order valence-corrected chi connectivity index (χ1v) is 9.11. The van der Waals surface area contributed by atoms with Crippen LogP contribution in [0.3, 0.4) is 0 Å². The number of fused-ring (bicyclic) bond motifs is 1. The summed E-state index contributed by atoms with van der Waals surface area (Å²) >= 11 is 1.53. The number of methoxy groups -OCH3 is 2. The van der Waals surface area contributed by atoms with Crippen molar-refractivity contribution in [3.63, 3.8) is 0 Å². The number of nitrogens with two attached hydrogens (primary N) is 1. The van der Waals surface area contributed by atoms with Gasteiger partial charge in [0.05, 0.1) is 36.3 Å². The molecule has 3 heterocycles. The van der Waals surface area contributed by atoms with Crippen LogP contribution in [0.5, 0.6) is 23.1 Å². The van der Waals surface area contributed by atoms with Crippen LogP contribution in [-0.2, 0) is 0 Å². The minimum absolute atomic E-state index is 0.0183. The van der Waals surface area contributed by atoms with E-state index in [2.05, 4.69) is 16.3 Å². The molecule has 0 radical (unpaired) electrons. The Hall–Kier alpha value is -3.64. The van der Waals surface area contributed by atoms with Crippen LogP contribution in [0.15, 0.2) is 41.1 Å². The number of hydrogen-bond acceptors (Lipinski definition) is 8. The number of phenols is 1. The van der Waals surface area contributed by atoms with Gasteiger partial charge in [0.25, 0.3) is 0 Å². The molecule has 0 fully saturated rings. The van der Waals surface area contributed by atoms with E-state index in [4.69, 9.17) is 19.9 Å². The summed E-state index contributed by atoms with van der Waals surface area (Å²) in [5, 5.41) is 29.2. The van der Waals surface area contributed by atoms with Crippen LogP contribution in [0.25, 0.3) is 10.6 Å². The number of thiophene rings is 1. The molecule has 1 aliphatic rings. The lowest BCUT2D eigenvalue weighted by atomic mass is 9.83. The molecule has 0 saturated carbocycles. The number of nitrogens with one attached hydrogen (secondary N) is 1. The average molecular weight is 396 g/mol. The van der Waals surface area contributed by atoms with Crippen LogP contribution in [0, 0.1) is 11.3 Å². The summed E-state index contributed by atoms with van der Waals surface area (Å²) < 4.78 is 16.1. The first kappa shape index (κ1) is 17.8. The summed E-state index contributed by atoms with van der Waals surface area (Å²) in [7, 11) is 2.88. The Morgan fingerprint density at radius 1 is 1.32 bits per heavy atom. The first-order valence-electron chi connectivity index (χ1n) is 8.23. The Bertz CT molecular complexity index is 1090. The van der Waals surface area contributed by atoms with E-state index in [0.29, 0.717) is 17.0 Å². The third kappa shape index (κ3) is 2.62. The molecular weight excluding hydrogens is 380 g/mol. The maximum Gasteiger partial charge on any atom is 0.244 e. The maximum atomic E-state index is 10.3. The molecule has 28 heavy (non-hydrogen) atoms. The van der Waals surface area contributed by atoms with E-state index < -0.39 is 5.92 Å². The number of ether oxygens (including phenoxy) is 3. The molecule has 8 nitrogen and oxygen atoms in total. The number of allylic oxidation sites excluding steroid dienone is 1. The predicted octanol–water partition coefficient (Wildman–Crippen LogP) is 3.08. The predicted molar refractivity (Wildman–Crippen MR) is 102 cm³/mol. The molecule has 0 unspecified atom stereocenters. The van der Waals surface area contributed by atoms with Crippen molar-refractivity contribution in [2.45, 2.75) is 5.92 Å². The van der Waals surface area contributed by atoms with Crippen LogP contribution in [0.4, 0.5) is 0 Å². The van der Waals surface area contributed by atoms with Gasteiger partial charge in [0, 0.05) is 0 Å². The number of nitrogens with zero attached hydrogens (tertiary/aromatic N) is 2. The lowest BCUT2D eigenvalue weighted by Crippen LogP contribution is -2.21. The van der Waals surface area contributed by atoms with Gasteiger partial charge >= 0.3 is 0 Å². The van der Waals surface area contributed by atoms with Crippen molar-refractivity contribution < 1.29 is 19.3 Å². The fourth-order valence-electron chi connectivity index (χ4n) is 3.27. The smallest absolute Gasteiger partial charge is 0.244 e. The van der Waals surface area contributed by atoms with Gasteiger partial charge in [-0.05, 0) is 29.1 Å². The molecule has 0 aliphatic carbocycles. The molecule has 142 valence electrons. The van der Waals surface area contributed by atoms with Crippen molar-refractivity contribution in [2.24, 2.45) is 5.73 Å². The van der Waals surface area contributed by atoms with Gasteiger partial charge in [-0.25, -0.2) is 0 Å². The highest BCUT2D eigenvalue weighted by Gasteiger charge is 2.36.